The van der Waals surface area contributed by atoms with Crippen molar-refractivity contribution in [1.29, 1.82) is 0 Å². The smallest absolute Gasteiger partial charge is 0.224 e. The van der Waals surface area contributed by atoms with Crippen molar-refractivity contribution in [3.63, 3.8) is 0 Å². The van der Waals surface area contributed by atoms with E-state index >= 15 is 0 Å². The second-order valence-corrected chi connectivity index (χ2v) is 9.32. The minimum Gasteiger partial charge on any atom is -0.355 e. The van der Waals surface area contributed by atoms with Crippen LogP contribution < -0.4 is 5.32 Å². The summed E-state index contributed by atoms with van der Waals surface area (Å²) in [5.74, 6) is 1.53. The van der Waals surface area contributed by atoms with Gasteiger partial charge in [0.15, 0.2) is 0 Å². The number of hydrogen-bond acceptors (Lipinski definition) is 4. The molecule has 1 fully saturated rings. The van der Waals surface area contributed by atoms with Gasteiger partial charge in [-0.05, 0) is 30.9 Å². The van der Waals surface area contributed by atoms with Crippen molar-refractivity contribution in [1.82, 2.24) is 9.62 Å². The topological polar surface area (TPSA) is 66.5 Å². The lowest BCUT2D eigenvalue weighted by Crippen LogP contribution is -2.45. The van der Waals surface area contributed by atoms with Crippen molar-refractivity contribution in [3.8, 4) is 0 Å². The van der Waals surface area contributed by atoms with Crippen molar-refractivity contribution in [2.24, 2.45) is 5.92 Å². The number of thioether (sulfide) groups is 1. The summed E-state index contributed by atoms with van der Waals surface area (Å²) < 4.78 is 24.6. The van der Waals surface area contributed by atoms with E-state index in [1.807, 2.05) is 12.1 Å². The molecule has 1 aliphatic rings. The molecule has 5 nitrogen and oxygen atoms in total. The zero-order chi connectivity index (χ0) is 17.6. The van der Waals surface area contributed by atoms with Crippen LogP contribution in [0.3, 0.4) is 0 Å². The first kappa shape index (κ1) is 19.3. The Morgan fingerprint density at radius 3 is 2.83 bits per heavy atom. The van der Waals surface area contributed by atoms with Crippen LogP contribution in [0.4, 0.5) is 0 Å². The third-order valence-electron chi connectivity index (χ3n) is 4.29. The molecule has 0 radical (unpaired) electrons. The molecule has 134 valence electrons. The molecular weight excluding hydrogens is 344 g/mol. The third kappa shape index (κ3) is 5.79. The predicted molar refractivity (Wildman–Crippen MR) is 99.5 cm³/mol. The minimum absolute atomic E-state index is 0.0279. The van der Waals surface area contributed by atoms with Crippen molar-refractivity contribution < 1.29 is 13.2 Å². The van der Waals surface area contributed by atoms with Gasteiger partial charge < -0.3 is 5.32 Å². The molecule has 0 spiro atoms. The number of piperidine rings is 1. The van der Waals surface area contributed by atoms with Gasteiger partial charge in [-0.1, -0.05) is 24.3 Å². The van der Waals surface area contributed by atoms with Crippen LogP contribution in [-0.4, -0.2) is 50.3 Å². The fourth-order valence-corrected chi connectivity index (χ4v) is 4.65. The van der Waals surface area contributed by atoms with Gasteiger partial charge in [0.1, 0.15) is 0 Å². The van der Waals surface area contributed by atoms with Crippen molar-refractivity contribution in [3.05, 3.63) is 35.4 Å². The number of sulfonamides is 1. The van der Waals surface area contributed by atoms with E-state index in [9.17, 15) is 13.2 Å². The van der Waals surface area contributed by atoms with Gasteiger partial charge in [0.25, 0.3) is 0 Å². The van der Waals surface area contributed by atoms with E-state index in [1.54, 1.807) is 11.8 Å². The molecule has 1 saturated heterocycles. The molecule has 0 aliphatic carbocycles. The summed E-state index contributed by atoms with van der Waals surface area (Å²) in [7, 11) is -3.21. The number of hydrogen-bond donors (Lipinski definition) is 1. The Bertz CT molecular complexity index is 662. The molecule has 7 heteroatoms. The fourth-order valence-electron chi connectivity index (χ4n) is 2.80. The zero-order valence-corrected chi connectivity index (χ0v) is 16.0. The van der Waals surface area contributed by atoms with Crippen LogP contribution >= 0.6 is 11.8 Å². The molecular formula is C17H26N2O3S2. The molecule has 1 N–H and O–H groups in total. The van der Waals surface area contributed by atoms with Crippen molar-refractivity contribution in [2.75, 3.05) is 31.6 Å². The van der Waals surface area contributed by atoms with Gasteiger partial charge in [-0.3, -0.25) is 4.79 Å². The average Bonchev–Trinajstić information content (AvgIpc) is 2.55. The summed E-state index contributed by atoms with van der Waals surface area (Å²) in [5.41, 5.74) is 2.61. The summed E-state index contributed by atoms with van der Waals surface area (Å²) in [6.45, 7) is 3.55. The highest BCUT2D eigenvalue weighted by Crippen LogP contribution is 2.19. The number of amides is 1. The van der Waals surface area contributed by atoms with Gasteiger partial charge in [-0.2, -0.15) is 11.8 Å². The number of nitrogens with one attached hydrogen (secondary N) is 1. The molecule has 1 aliphatic heterocycles. The summed E-state index contributed by atoms with van der Waals surface area (Å²) in [5, 5.41) is 2.94. The molecule has 1 aromatic rings. The third-order valence-corrected chi connectivity index (χ3v) is 6.57. The highest BCUT2D eigenvalue weighted by Gasteiger charge is 2.29. The van der Waals surface area contributed by atoms with Gasteiger partial charge in [0.05, 0.1) is 12.2 Å². The van der Waals surface area contributed by atoms with Crippen LogP contribution in [0.15, 0.2) is 24.3 Å². The van der Waals surface area contributed by atoms with Crippen LogP contribution in [0.5, 0.6) is 0 Å². The zero-order valence-electron chi connectivity index (χ0n) is 14.3. The van der Waals surface area contributed by atoms with Gasteiger partial charge in [0.2, 0.25) is 15.9 Å². The number of rotatable bonds is 7. The predicted octanol–water partition coefficient (Wildman–Crippen LogP) is 2.02. The summed E-state index contributed by atoms with van der Waals surface area (Å²) in [6, 6.07) is 8.31. The lowest BCUT2D eigenvalue weighted by Gasteiger charge is -2.30. The lowest BCUT2D eigenvalue weighted by atomic mass is 9.99. The Balaban J connectivity index is 1.69. The highest BCUT2D eigenvalue weighted by molar-refractivity contribution is 7.98. The highest BCUT2D eigenvalue weighted by atomic mass is 32.2. The first-order chi connectivity index (χ1) is 11.4. The van der Waals surface area contributed by atoms with Crippen molar-refractivity contribution >= 4 is 27.7 Å². The van der Waals surface area contributed by atoms with E-state index in [1.165, 1.54) is 21.7 Å². The first-order valence-electron chi connectivity index (χ1n) is 8.23. The van der Waals surface area contributed by atoms with Crippen LogP contribution in [0.2, 0.25) is 0 Å². The summed E-state index contributed by atoms with van der Waals surface area (Å²) in [4.78, 5) is 12.2. The maximum atomic E-state index is 12.2. The van der Waals surface area contributed by atoms with Gasteiger partial charge in [-0.25, -0.2) is 12.7 Å². The first-order valence-corrected chi connectivity index (χ1v) is 11.2. The van der Waals surface area contributed by atoms with E-state index in [4.69, 9.17) is 0 Å². The molecule has 0 saturated carbocycles. The fraction of sp³-hybridized carbons (Fsp3) is 0.588. The summed E-state index contributed by atoms with van der Waals surface area (Å²) in [6.07, 6.45) is 2.71. The quantitative estimate of drug-likeness (QED) is 0.746. The Labute approximate surface area is 149 Å². The van der Waals surface area contributed by atoms with Gasteiger partial charge in [-0.15, -0.1) is 0 Å². The second kappa shape index (κ2) is 8.87. The largest absolute Gasteiger partial charge is 0.355 e. The summed E-state index contributed by atoms with van der Waals surface area (Å²) >= 11 is 1.79. The normalized spacial score (nSPS) is 19.2. The second-order valence-electron chi connectivity index (χ2n) is 6.23. The molecule has 0 aromatic heterocycles. The minimum atomic E-state index is -3.21. The van der Waals surface area contributed by atoms with Crippen LogP contribution in [0.25, 0.3) is 0 Å². The monoisotopic (exact) mass is 370 g/mol. The SMILES string of the molecule is Cc1ccccc1CSCCNC(=O)[C@H]1CCCN(S(C)(=O)=O)C1. The standard InChI is InChI=1S/C17H26N2O3S2/c1-14-6-3-4-7-16(14)13-23-11-9-18-17(20)15-8-5-10-19(12-15)24(2,21)22/h3-4,6-7,15H,5,8-13H2,1-2H3,(H,18,20)/t15-/m0/s1. The van der Waals surface area contributed by atoms with E-state index in [2.05, 4.69) is 24.4 Å². The number of benzene rings is 1. The molecule has 1 atom stereocenters. The number of nitrogens with zero attached hydrogens (tertiary/aromatic N) is 1. The Hall–Kier alpha value is -1.05. The van der Waals surface area contributed by atoms with E-state index in [-0.39, 0.29) is 11.8 Å². The molecule has 0 unspecified atom stereocenters. The van der Waals surface area contributed by atoms with E-state index < -0.39 is 10.0 Å². The molecule has 24 heavy (non-hydrogen) atoms. The molecule has 2 rings (SSSR count). The van der Waals surface area contributed by atoms with Crippen LogP contribution in [-0.2, 0) is 20.6 Å². The van der Waals surface area contributed by atoms with Gasteiger partial charge >= 0.3 is 0 Å². The Morgan fingerprint density at radius 1 is 1.38 bits per heavy atom. The number of carbonyl (C=O) groups is 1. The molecule has 0 bridgehead atoms. The Morgan fingerprint density at radius 2 is 2.12 bits per heavy atom. The maximum absolute atomic E-state index is 12.2. The molecule has 1 aromatic carbocycles. The number of carbonyl (C=O) groups excluding carboxylic acids is 1. The molecule has 1 amide bonds. The van der Waals surface area contributed by atoms with Crippen LogP contribution in [0.1, 0.15) is 24.0 Å². The molecule has 1 heterocycles. The van der Waals surface area contributed by atoms with Crippen LogP contribution in [0, 0.1) is 12.8 Å². The number of aryl methyl sites for hydroxylation is 1. The average molecular weight is 371 g/mol. The van der Waals surface area contributed by atoms with Crippen molar-refractivity contribution in [2.45, 2.75) is 25.5 Å². The van der Waals surface area contributed by atoms with E-state index in [0.29, 0.717) is 19.6 Å². The lowest BCUT2D eigenvalue weighted by molar-refractivity contribution is -0.125. The Kier molecular flexibility index (Phi) is 7.13. The maximum Gasteiger partial charge on any atom is 0.224 e. The van der Waals surface area contributed by atoms with Gasteiger partial charge in [0, 0.05) is 31.1 Å². The van der Waals surface area contributed by atoms with E-state index in [0.717, 1.165) is 24.3 Å².